The molecule has 0 aliphatic carbocycles. The van der Waals surface area contributed by atoms with Crippen LogP contribution in [0.3, 0.4) is 0 Å². The summed E-state index contributed by atoms with van der Waals surface area (Å²) in [6.07, 6.45) is -4.83. The summed E-state index contributed by atoms with van der Waals surface area (Å²) in [6.45, 7) is 4.61. The minimum atomic E-state index is -4.83. The van der Waals surface area contributed by atoms with Gasteiger partial charge in [-0.15, -0.1) is 0 Å². The first-order valence-corrected chi connectivity index (χ1v) is 10.8. The number of phenols is 1. The van der Waals surface area contributed by atoms with E-state index in [0.717, 1.165) is 6.92 Å². The average molecular weight is 495 g/mol. The number of carbonyl (C=O) groups excluding carboxylic acids is 1. The lowest BCUT2D eigenvalue weighted by Crippen LogP contribution is -2.57. The van der Waals surface area contributed by atoms with E-state index in [-0.39, 0.29) is 28.4 Å². The van der Waals surface area contributed by atoms with E-state index in [4.69, 9.17) is 11.6 Å². The van der Waals surface area contributed by atoms with Gasteiger partial charge in [-0.2, -0.15) is 13.2 Å². The fourth-order valence-corrected chi connectivity index (χ4v) is 3.82. The molecule has 34 heavy (non-hydrogen) atoms. The number of aromatic hydroxyl groups is 1. The van der Waals surface area contributed by atoms with Crippen molar-refractivity contribution in [2.45, 2.75) is 38.0 Å². The number of carbonyl (C=O) groups is 1. The van der Waals surface area contributed by atoms with Crippen molar-refractivity contribution >= 4 is 17.6 Å². The summed E-state index contributed by atoms with van der Waals surface area (Å²) in [7, 11) is 0. The molecule has 0 saturated heterocycles. The van der Waals surface area contributed by atoms with Crippen molar-refractivity contribution in [1.29, 1.82) is 0 Å². The molecular formula is C26H26ClF3O4. The Morgan fingerprint density at radius 3 is 1.76 bits per heavy atom. The van der Waals surface area contributed by atoms with Crippen molar-refractivity contribution in [3.63, 3.8) is 0 Å². The van der Waals surface area contributed by atoms with Gasteiger partial charge in [-0.1, -0.05) is 66.2 Å². The van der Waals surface area contributed by atoms with Gasteiger partial charge in [0.1, 0.15) is 16.8 Å². The van der Waals surface area contributed by atoms with E-state index in [9.17, 15) is 28.2 Å². The number of benzene rings is 3. The van der Waals surface area contributed by atoms with E-state index in [0.29, 0.717) is 11.6 Å². The van der Waals surface area contributed by atoms with E-state index in [1.54, 1.807) is 25.1 Å². The maximum atomic E-state index is 14.6. The zero-order valence-electron chi connectivity index (χ0n) is 18.9. The van der Waals surface area contributed by atoms with Gasteiger partial charge < -0.3 is 14.9 Å². The molecule has 0 aliphatic heterocycles. The largest absolute Gasteiger partial charge is 0.508 e. The van der Waals surface area contributed by atoms with Gasteiger partial charge in [0, 0.05) is 11.9 Å². The molecule has 0 aromatic heterocycles. The molecule has 8 heteroatoms. The Kier molecular flexibility index (Phi) is 8.75. The highest BCUT2D eigenvalue weighted by Gasteiger charge is 2.65. The number of esters is 1. The molecule has 0 amide bonds. The lowest BCUT2D eigenvalue weighted by Gasteiger charge is -2.47. The standard InChI is InChI=1S/C22H18ClF3O2.C4H8O2/c1-20(22(24,25)26,15-9-13-19(27)14-10-15)21(28,16-5-3-2-4-6-16)17-7-11-18(23)12-8-17;1-3-6-4(2)5/h2-14,27-28H,1H3;3H2,1-2H3/t20-,21-;/m1./s1. The Bertz CT molecular complexity index is 1070. The molecule has 3 aromatic carbocycles. The predicted octanol–water partition coefficient (Wildman–Crippen LogP) is 6.37. The monoisotopic (exact) mass is 494 g/mol. The topological polar surface area (TPSA) is 66.8 Å². The van der Waals surface area contributed by atoms with Gasteiger partial charge in [0.25, 0.3) is 0 Å². The molecule has 0 unspecified atom stereocenters. The minimum absolute atomic E-state index is 0.0519. The normalized spacial score (nSPS) is 14.7. The molecule has 0 aliphatic rings. The summed E-state index contributed by atoms with van der Waals surface area (Å²) in [5, 5.41) is 21.7. The van der Waals surface area contributed by atoms with Crippen LogP contribution < -0.4 is 0 Å². The van der Waals surface area contributed by atoms with Gasteiger partial charge in [-0.25, -0.2) is 0 Å². The summed E-state index contributed by atoms with van der Waals surface area (Å²) in [4.78, 5) is 9.82. The summed E-state index contributed by atoms with van der Waals surface area (Å²) in [5.74, 6) is -0.375. The van der Waals surface area contributed by atoms with E-state index < -0.39 is 17.2 Å². The predicted molar refractivity (Wildman–Crippen MR) is 125 cm³/mol. The maximum absolute atomic E-state index is 14.6. The molecule has 0 spiro atoms. The Morgan fingerprint density at radius 1 is 0.882 bits per heavy atom. The number of hydrogen-bond acceptors (Lipinski definition) is 4. The molecule has 0 bridgehead atoms. The first-order valence-electron chi connectivity index (χ1n) is 10.4. The molecule has 2 atom stereocenters. The maximum Gasteiger partial charge on any atom is 0.401 e. The van der Waals surface area contributed by atoms with Gasteiger partial charge in [-0.3, -0.25) is 4.79 Å². The molecule has 0 saturated carbocycles. The third kappa shape index (κ3) is 5.54. The second-order valence-corrected chi connectivity index (χ2v) is 8.11. The quantitative estimate of drug-likeness (QED) is 0.404. The van der Waals surface area contributed by atoms with Crippen LogP contribution in [0.25, 0.3) is 0 Å². The van der Waals surface area contributed by atoms with Crippen LogP contribution in [0.15, 0.2) is 78.9 Å². The number of halogens is 4. The second kappa shape index (κ2) is 10.9. The van der Waals surface area contributed by atoms with Crippen molar-refractivity contribution in [1.82, 2.24) is 0 Å². The number of rotatable bonds is 5. The number of alkyl halides is 3. The zero-order valence-corrected chi connectivity index (χ0v) is 19.7. The molecule has 2 N–H and O–H groups in total. The van der Waals surface area contributed by atoms with Crippen LogP contribution in [0.2, 0.25) is 5.02 Å². The molecule has 4 nitrogen and oxygen atoms in total. The van der Waals surface area contributed by atoms with Crippen LogP contribution in [0.4, 0.5) is 13.2 Å². The average Bonchev–Trinajstić information content (AvgIpc) is 2.79. The van der Waals surface area contributed by atoms with Gasteiger partial charge in [-0.05, 0) is 54.8 Å². The van der Waals surface area contributed by atoms with Crippen LogP contribution in [0.5, 0.6) is 5.75 Å². The van der Waals surface area contributed by atoms with Gasteiger partial charge in [0.05, 0.1) is 6.61 Å². The van der Waals surface area contributed by atoms with Gasteiger partial charge >= 0.3 is 12.1 Å². The minimum Gasteiger partial charge on any atom is -0.508 e. The third-order valence-electron chi connectivity index (χ3n) is 5.54. The fourth-order valence-electron chi connectivity index (χ4n) is 3.69. The first kappa shape index (κ1) is 27.2. The SMILES string of the molecule is CCOC(C)=O.C[C@](c1ccc(O)cc1)(C(F)(F)F)[C@@](O)(c1ccccc1)c1ccc(Cl)cc1. The first-order chi connectivity index (χ1) is 15.9. The van der Waals surface area contributed by atoms with Crippen LogP contribution in [-0.4, -0.2) is 29.0 Å². The van der Waals surface area contributed by atoms with E-state index in [1.807, 2.05) is 0 Å². The highest BCUT2D eigenvalue weighted by Crippen LogP contribution is 2.55. The summed E-state index contributed by atoms with van der Waals surface area (Å²) < 4.78 is 48.2. The highest BCUT2D eigenvalue weighted by molar-refractivity contribution is 6.30. The Hall–Kier alpha value is -3.03. The lowest BCUT2D eigenvalue weighted by atomic mass is 9.62. The van der Waals surface area contributed by atoms with Crippen LogP contribution in [0.1, 0.15) is 37.5 Å². The summed E-state index contributed by atoms with van der Waals surface area (Å²) in [5.41, 5.74) is -5.21. The Balaban J connectivity index is 0.000000604. The van der Waals surface area contributed by atoms with Crippen molar-refractivity contribution in [3.8, 4) is 5.75 Å². The molecule has 3 rings (SSSR count). The Labute approximate surface area is 201 Å². The third-order valence-corrected chi connectivity index (χ3v) is 5.79. The number of hydrogen-bond donors (Lipinski definition) is 2. The second-order valence-electron chi connectivity index (χ2n) is 7.68. The lowest BCUT2D eigenvalue weighted by molar-refractivity contribution is -0.234. The summed E-state index contributed by atoms with van der Waals surface area (Å²) in [6, 6.07) is 18.1. The smallest absolute Gasteiger partial charge is 0.401 e. The zero-order chi connectivity index (χ0) is 25.6. The number of phenolic OH excluding ortho intramolecular Hbond substituents is 1. The molecule has 3 aromatic rings. The van der Waals surface area contributed by atoms with E-state index >= 15 is 0 Å². The van der Waals surface area contributed by atoms with Crippen molar-refractivity contribution in [2.24, 2.45) is 0 Å². The van der Waals surface area contributed by atoms with Crippen LogP contribution in [0, 0.1) is 0 Å². The van der Waals surface area contributed by atoms with Crippen molar-refractivity contribution in [3.05, 3.63) is 101 Å². The van der Waals surface area contributed by atoms with Gasteiger partial charge in [0.15, 0.2) is 0 Å². The van der Waals surface area contributed by atoms with E-state index in [1.165, 1.54) is 67.6 Å². The summed E-state index contributed by atoms with van der Waals surface area (Å²) >= 11 is 5.91. The Morgan fingerprint density at radius 2 is 1.35 bits per heavy atom. The van der Waals surface area contributed by atoms with Crippen LogP contribution in [-0.2, 0) is 20.5 Å². The molecule has 0 heterocycles. The van der Waals surface area contributed by atoms with Crippen LogP contribution >= 0.6 is 11.6 Å². The van der Waals surface area contributed by atoms with Crippen molar-refractivity contribution in [2.75, 3.05) is 6.61 Å². The van der Waals surface area contributed by atoms with Gasteiger partial charge in [0.2, 0.25) is 0 Å². The van der Waals surface area contributed by atoms with E-state index in [2.05, 4.69) is 4.74 Å². The fraction of sp³-hybridized carbons (Fsp3) is 0.269. The molecule has 182 valence electrons. The van der Waals surface area contributed by atoms with Crippen molar-refractivity contribution < 1.29 is 32.9 Å². The number of ether oxygens (including phenoxy) is 1. The molecule has 0 fully saturated rings. The number of aliphatic hydroxyl groups is 1. The molecule has 0 radical (unpaired) electrons. The highest BCUT2D eigenvalue weighted by atomic mass is 35.5. The molecular weight excluding hydrogens is 469 g/mol.